The van der Waals surface area contributed by atoms with E-state index in [9.17, 15) is 38.9 Å². The second-order valence-electron chi connectivity index (χ2n) is 21.2. The third-order valence-corrected chi connectivity index (χ3v) is 20.5. The standard InChI is InChI=1S/C49H26N8O9S3.C10H16N.Ga.H2O/c1-22-6-2-7-23-14-31-35(18-27(22)23)46-50-42(31)52-47-37-20-29-25(9-4-12-40(29)68(61,62)63)16-33(37)44(54-47)56-49-38-21-30-26(10-5-13-41(30)69(64,65)66)17-34(38)45(57-49)55-48-36-19-28-24(15-32(36)43(51-46)53-48)8-3-11-39(28)67(58,59)60;1-11(2,3)9-10-7-5-4-6-8-10;;/h2-21H,1H3,(H3-2,50,51,52,53,54,55,56,57,58,59,60,61,62,63,64,65,66);4-8H,9H2,1-3H3;;1H2/q-2;+1;+2;/p-3. The summed E-state index contributed by atoms with van der Waals surface area (Å²) in [5.74, 6) is 1.49. The molecule has 0 unspecified atom stereocenters. The van der Waals surface area contributed by atoms with E-state index in [0.29, 0.717) is 88.8 Å². The SMILES string of the molecule is C[N+](C)(C)Cc1ccccc1.Cc1cccc2cc3c(cc12)C1=NC3=Nc2c3cc4c(S(=O)(=O)[O-])cccc4cc3c3[n]2[Ga][n]2c(c4cc5cccc(S(=O)(=O)[O-])c5cc4c2=NC2=NC(=N3)c3cc4c(S(=O)(=O)[O-])cccc4cc32)=N1.O. The van der Waals surface area contributed by atoms with Gasteiger partial charge < -0.3 is 9.96 Å². The first kappa shape index (κ1) is 53.0. The van der Waals surface area contributed by atoms with Crippen LogP contribution in [0.15, 0.2) is 196 Å². The van der Waals surface area contributed by atoms with E-state index in [0.717, 1.165) is 27.4 Å². The Kier molecular flexibility index (Phi) is 12.0. The first-order chi connectivity index (χ1) is 38.5. The Bertz CT molecular complexity index is 5380. The van der Waals surface area contributed by atoms with Gasteiger partial charge in [0.25, 0.3) is 0 Å². The van der Waals surface area contributed by atoms with Crippen LogP contribution >= 0.6 is 0 Å². The minimum atomic E-state index is -4.98. The molecule has 0 saturated heterocycles. The van der Waals surface area contributed by atoms with Gasteiger partial charge in [0.2, 0.25) is 0 Å². The molecule has 4 aliphatic heterocycles. The van der Waals surface area contributed by atoms with Gasteiger partial charge in [-0.05, 0) is 0 Å². The predicted molar refractivity (Wildman–Crippen MR) is 312 cm³/mol. The van der Waals surface area contributed by atoms with E-state index in [-0.39, 0.29) is 38.8 Å². The first-order valence-corrected chi connectivity index (χ1v) is 31.6. The van der Waals surface area contributed by atoms with Crippen molar-refractivity contribution in [2.24, 2.45) is 30.0 Å². The van der Waals surface area contributed by atoms with Crippen molar-refractivity contribution in [1.29, 1.82) is 0 Å². The number of rotatable bonds is 5. The van der Waals surface area contributed by atoms with E-state index in [1.165, 1.54) is 48.0 Å². The Labute approximate surface area is 475 Å². The molecule has 4 aliphatic rings. The molecule has 0 fully saturated rings. The summed E-state index contributed by atoms with van der Waals surface area (Å²) in [7, 11) is -8.31. The van der Waals surface area contributed by atoms with Crippen LogP contribution in [-0.4, -0.2) is 118 Å². The molecule has 6 bridgehead atoms. The number of quaternary nitrogens is 1. The van der Waals surface area contributed by atoms with Gasteiger partial charge in [0.1, 0.15) is 6.54 Å². The van der Waals surface area contributed by atoms with Gasteiger partial charge in [-0.2, -0.15) is 0 Å². The number of aryl methyl sites for hydroxylation is 1. The van der Waals surface area contributed by atoms with E-state index in [2.05, 4.69) is 51.5 Å². The van der Waals surface area contributed by atoms with E-state index < -0.39 is 62.9 Å². The predicted octanol–water partition coefficient (Wildman–Crippen LogP) is 7.17. The molecular formula is C59H41GaN9O10S3-2. The smallest absolute Gasteiger partial charge is 0.412 e. The number of benzene rings is 9. The number of hydrogen-bond donors (Lipinski definition) is 0. The second-order valence-corrected chi connectivity index (χ2v) is 27.9. The van der Waals surface area contributed by atoms with Crippen LogP contribution in [0.2, 0.25) is 0 Å². The van der Waals surface area contributed by atoms with Crippen molar-refractivity contribution in [3.63, 3.8) is 0 Å². The molecule has 405 valence electrons. The van der Waals surface area contributed by atoms with Crippen molar-refractivity contribution in [2.45, 2.75) is 28.2 Å². The van der Waals surface area contributed by atoms with E-state index in [4.69, 9.17) is 30.0 Å². The molecule has 19 nitrogen and oxygen atoms in total. The van der Waals surface area contributed by atoms with Crippen LogP contribution in [-0.2, 0) is 36.9 Å². The number of amidine groups is 4. The summed E-state index contributed by atoms with van der Waals surface area (Å²) in [5.41, 5.74) is 5.20. The Morgan fingerprint density at radius 3 is 1.30 bits per heavy atom. The molecule has 2 N–H and O–H groups in total. The van der Waals surface area contributed by atoms with Crippen LogP contribution in [0, 0.1) is 6.92 Å². The molecule has 1 radical (unpaired) electrons. The summed E-state index contributed by atoms with van der Waals surface area (Å²) in [6, 6.07) is 43.7. The Morgan fingerprint density at radius 1 is 0.415 bits per heavy atom. The van der Waals surface area contributed by atoms with Crippen molar-refractivity contribution in [2.75, 3.05) is 21.1 Å². The summed E-state index contributed by atoms with van der Waals surface area (Å²) in [5, 5.41) is 5.43. The number of aromatic nitrogens is 2. The summed E-state index contributed by atoms with van der Waals surface area (Å²) in [6.07, 6.45) is 0. The van der Waals surface area contributed by atoms with Gasteiger partial charge in [0.05, 0.1) is 21.1 Å². The van der Waals surface area contributed by atoms with Gasteiger partial charge in [-0.15, -0.1) is 0 Å². The van der Waals surface area contributed by atoms with Gasteiger partial charge in [0.15, 0.2) is 0 Å². The fraction of sp³-hybridized carbons (Fsp3) is 0.0847. The maximum Gasteiger partial charge on any atom is -0.412 e. The maximum absolute atomic E-state index is 12.8. The number of fused-ring (bicyclic) bond motifs is 18. The van der Waals surface area contributed by atoms with Crippen molar-refractivity contribution < 1.29 is 48.9 Å². The topological polar surface area (TPSA) is 287 Å². The molecule has 0 amide bonds. The van der Waals surface area contributed by atoms with Crippen molar-refractivity contribution in [3.05, 3.63) is 196 Å². The largest absolute Gasteiger partial charge is 0.412 e. The van der Waals surface area contributed by atoms with Gasteiger partial charge in [-0.25, -0.2) is 0 Å². The summed E-state index contributed by atoms with van der Waals surface area (Å²) in [6.45, 7) is 3.11. The molecule has 23 heteroatoms. The van der Waals surface area contributed by atoms with Crippen LogP contribution in [0.5, 0.6) is 0 Å². The number of hydrogen-bond acceptors (Lipinski definition) is 15. The van der Waals surface area contributed by atoms with Crippen molar-refractivity contribution >= 4 is 148 Å². The zero-order valence-electron chi connectivity index (χ0n) is 43.6. The molecule has 9 aromatic carbocycles. The number of aliphatic imine (C=N–C) groups is 4. The second kappa shape index (κ2) is 18.6. The van der Waals surface area contributed by atoms with E-state index in [1.807, 2.05) is 43.8 Å². The van der Waals surface area contributed by atoms with Crippen LogP contribution < -0.4 is 11.0 Å². The Morgan fingerprint density at radius 2 is 0.805 bits per heavy atom. The van der Waals surface area contributed by atoms with Crippen LogP contribution in [0.4, 0.5) is 11.6 Å². The quantitative estimate of drug-likeness (QED) is 0.0957. The van der Waals surface area contributed by atoms with Crippen molar-refractivity contribution in [3.8, 4) is 0 Å². The van der Waals surface area contributed by atoms with Crippen molar-refractivity contribution in [1.82, 2.24) is 6.55 Å². The van der Waals surface area contributed by atoms with Gasteiger partial charge in [-0.3, -0.25) is 0 Å². The average Bonchev–Trinajstić information content (AvgIpc) is 2.35. The minimum Gasteiger partial charge on any atom is -0.412 e. The summed E-state index contributed by atoms with van der Waals surface area (Å²) >= 11 is -2.37. The molecule has 2 aromatic heterocycles. The normalized spacial score (nSPS) is 14.4. The van der Waals surface area contributed by atoms with Gasteiger partial charge in [0, 0.05) is 5.56 Å². The fourth-order valence-electron chi connectivity index (χ4n) is 11.3. The zero-order chi connectivity index (χ0) is 56.2. The fourth-order valence-corrected chi connectivity index (χ4v) is 16.5. The Hall–Kier alpha value is -8.33. The van der Waals surface area contributed by atoms with Gasteiger partial charge in [-0.1, -0.05) is 30.3 Å². The maximum atomic E-state index is 12.8. The van der Waals surface area contributed by atoms with Crippen LogP contribution in [0.1, 0.15) is 33.4 Å². The van der Waals surface area contributed by atoms with Crippen LogP contribution in [0.3, 0.4) is 0 Å². The molecule has 15 rings (SSSR count). The molecule has 0 spiro atoms. The van der Waals surface area contributed by atoms with Gasteiger partial charge >= 0.3 is 405 Å². The third kappa shape index (κ3) is 8.71. The molecular weight excluding hydrogens is 1160 g/mol. The zero-order valence-corrected chi connectivity index (χ0v) is 48.5. The summed E-state index contributed by atoms with van der Waals surface area (Å²) in [4.78, 5) is 30.0. The Balaban J connectivity index is 0.000000475. The molecule has 0 aliphatic carbocycles. The average molecular weight is 1200 g/mol. The third-order valence-electron chi connectivity index (χ3n) is 14.8. The molecule has 11 aromatic rings. The monoisotopic (exact) mass is 1200 g/mol. The molecule has 82 heavy (non-hydrogen) atoms. The van der Waals surface area contributed by atoms with Crippen LogP contribution in [0.25, 0.3) is 64.6 Å². The summed E-state index contributed by atoms with van der Waals surface area (Å²) < 4.78 is 120. The molecule has 6 heterocycles. The molecule has 0 saturated carbocycles. The minimum absolute atomic E-state index is 0. The first-order valence-electron chi connectivity index (χ1n) is 25.2. The number of nitrogens with zero attached hydrogens (tertiary/aromatic N) is 9. The van der Waals surface area contributed by atoms with E-state index in [1.54, 1.807) is 48.5 Å². The van der Waals surface area contributed by atoms with E-state index >= 15 is 0 Å². The molecule has 0 atom stereocenters.